The molecule has 0 spiro atoms. The third-order valence-corrected chi connectivity index (χ3v) is 5.40. The maximum absolute atomic E-state index is 14.5. The van der Waals surface area contributed by atoms with E-state index in [1.54, 1.807) is 0 Å². The van der Waals surface area contributed by atoms with Crippen molar-refractivity contribution in [1.82, 2.24) is 0 Å². The number of benzene rings is 2. The van der Waals surface area contributed by atoms with E-state index < -0.39 is 17.7 Å². The molecule has 0 bridgehead atoms. The van der Waals surface area contributed by atoms with Gasteiger partial charge in [0.2, 0.25) is 0 Å². The highest BCUT2D eigenvalue weighted by Gasteiger charge is 2.19. The zero-order valence-corrected chi connectivity index (χ0v) is 16.5. The van der Waals surface area contributed by atoms with Gasteiger partial charge in [0.05, 0.1) is 5.56 Å². The number of allylic oxidation sites excluding steroid dienone is 1. The summed E-state index contributed by atoms with van der Waals surface area (Å²) in [5.41, 5.74) is 2.20. The zero-order chi connectivity index (χ0) is 20.8. The van der Waals surface area contributed by atoms with E-state index in [-0.39, 0.29) is 17.4 Å². The first-order valence-electron chi connectivity index (χ1n) is 10.1. The van der Waals surface area contributed by atoms with Gasteiger partial charge in [0.25, 0.3) is 6.08 Å². The molecule has 3 rings (SSSR count). The van der Waals surface area contributed by atoms with Gasteiger partial charge in [-0.3, -0.25) is 0 Å². The Morgan fingerprint density at radius 3 is 2.14 bits per heavy atom. The van der Waals surface area contributed by atoms with Crippen molar-refractivity contribution in [3.8, 4) is 23.0 Å². The predicted octanol–water partition coefficient (Wildman–Crippen LogP) is 7.52. The summed E-state index contributed by atoms with van der Waals surface area (Å²) in [5, 5.41) is 0. The van der Waals surface area contributed by atoms with E-state index in [9.17, 15) is 17.6 Å². The molecule has 29 heavy (non-hydrogen) atoms. The monoisotopic (exact) mass is 400 g/mol. The molecule has 0 unspecified atom stereocenters. The maximum atomic E-state index is 14.5. The third kappa shape index (κ3) is 5.73. The SMILES string of the molecule is CCCc1ccc(-c2cc(F)c(C#C[C@H]3CC[C@H](C=C(F)F)CC3)c(F)c2)cc1. The van der Waals surface area contributed by atoms with Crippen molar-refractivity contribution in [2.75, 3.05) is 0 Å². The van der Waals surface area contributed by atoms with E-state index in [4.69, 9.17) is 0 Å². The molecule has 4 heteroatoms. The third-order valence-electron chi connectivity index (χ3n) is 5.40. The van der Waals surface area contributed by atoms with Crippen LogP contribution in [0.3, 0.4) is 0 Å². The molecule has 0 heterocycles. The topological polar surface area (TPSA) is 0 Å². The van der Waals surface area contributed by atoms with Crippen molar-refractivity contribution < 1.29 is 17.6 Å². The number of rotatable bonds is 4. The van der Waals surface area contributed by atoms with Crippen LogP contribution >= 0.6 is 0 Å². The summed E-state index contributed by atoms with van der Waals surface area (Å²) in [7, 11) is 0. The lowest BCUT2D eigenvalue weighted by atomic mass is 9.82. The molecule has 0 aliphatic heterocycles. The van der Waals surface area contributed by atoms with Crippen LogP contribution < -0.4 is 0 Å². The summed E-state index contributed by atoms with van der Waals surface area (Å²) in [6, 6.07) is 10.3. The second-order valence-electron chi connectivity index (χ2n) is 7.60. The van der Waals surface area contributed by atoms with Gasteiger partial charge in [-0.1, -0.05) is 49.5 Å². The summed E-state index contributed by atoms with van der Waals surface area (Å²) in [6.45, 7) is 2.10. The van der Waals surface area contributed by atoms with Crippen molar-refractivity contribution in [3.63, 3.8) is 0 Å². The van der Waals surface area contributed by atoms with Gasteiger partial charge in [0.15, 0.2) is 0 Å². The van der Waals surface area contributed by atoms with E-state index in [2.05, 4.69) is 18.8 Å². The molecule has 1 aliphatic rings. The van der Waals surface area contributed by atoms with Gasteiger partial charge in [0.1, 0.15) is 11.6 Å². The van der Waals surface area contributed by atoms with Gasteiger partial charge < -0.3 is 0 Å². The fourth-order valence-corrected chi connectivity index (χ4v) is 3.79. The standard InChI is InChI=1S/C25H24F4/c1-2-3-17-8-11-20(12-9-17)21-15-23(26)22(24(27)16-21)13-10-18-4-6-19(7-5-18)14-25(28)29/h8-9,11-12,14-16,18-19H,2-7H2,1H3/t18-,19-. The van der Waals surface area contributed by atoms with Crippen molar-refractivity contribution >= 4 is 0 Å². The molecule has 1 fully saturated rings. The van der Waals surface area contributed by atoms with Crippen molar-refractivity contribution in [1.29, 1.82) is 0 Å². The lowest BCUT2D eigenvalue weighted by molar-refractivity contribution is 0.343. The molecule has 0 amide bonds. The molecule has 1 aliphatic carbocycles. The highest BCUT2D eigenvalue weighted by molar-refractivity contribution is 5.65. The van der Waals surface area contributed by atoms with Gasteiger partial charge in [-0.15, -0.1) is 0 Å². The predicted molar refractivity (Wildman–Crippen MR) is 108 cm³/mol. The van der Waals surface area contributed by atoms with Crippen LogP contribution in [0.5, 0.6) is 0 Å². The second kappa shape index (κ2) is 9.78. The first-order chi connectivity index (χ1) is 14.0. The van der Waals surface area contributed by atoms with Crippen LogP contribution in [-0.2, 0) is 6.42 Å². The molecule has 2 aromatic rings. The highest BCUT2D eigenvalue weighted by Crippen LogP contribution is 2.31. The fourth-order valence-electron chi connectivity index (χ4n) is 3.79. The molecule has 2 aromatic carbocycles. The quantitative estimate of drug-likeness (QED) is 0.368. The molecule has 152 valence electrons. The minimum atomic E-state index is -1.65. The Morgan fingerprint density at radius 2 is 1.59 bits per heavy atom. The van der Waals surface area contributed by atoms with E-state index in [1.807, 2.05) is 24.3 Å². The Bertz CT molecular complexity index is 897. The van der Waals surface area contributed by atoms with Crippen LogP contribution in [0.15, 0.2) is 48.6 Å². The zero-order valence-electron chi connectivity index (χ0n) is 16.5. The minimum Gasteiger partial charge on any atom is -0.205 e. The average molecular weight is 400 g/mol. The Balaban J connectivity index is 1.72. The molecule has 0 atom stereocenters. The molecular weight excluding hydrogens is 376 g/mol. The fraction of sp³-hybridized carbons (Fsp3) is 0.360. The molecule has 0 N–H and O–H groups in total. The summed E-state index contributed by atoms with van der Waals surface area (Å²) < 4.78 is 53.7. The van der Waals surface area contributed by atoms with Gasteiger partial charge in [-0.2, -0.15) is 8.78 Å². The van der Waals surface area contributed by atoms with Crippen molar-refractivity contribution in [2.45, 2.75) is 45.4 Å². The van der Waals surface area contributed by atoms with Crippen LogP contribution in [0.4, 0.5) is 17.6 Å². The van der Waals surface area contributed by atoms with Crippen LogP contribution in [0, 0.1) is 35.3 Å². The smallest absolute Gasteiger partial charge is 0.205 e. The lowest BCUT2D eigenvalue weighted by Crippen LogP contribution is -2.11. The Morgan fingerprint density at radius 1 is 0.966 bits per heavy atom. The second-order valence-corrected chi connectivity index (χ2v) is 7.60. The largest absolute Gasteiger partial charge is 0.266 e. The summed E-state index contributed by atoms with van der Waals surface area (Å²) >= 11 is 0. The highest BCUT2D eigenvalue weighted by atomic mass is 19.3. The van der Waals surface area contributed by atoms with Crippen LogP contribution in [0.25, 0.3) is 11.1 Å². The molecule has 0 aromatic heterocycles. The first kappa shape index (κ1) is 21.2. The molecule has 0 radical (unpaired) electrons. The van der Waals surface area contributed by atoms with Gasteiger partial charge in [-0.05, 0) is 72.9 Å². The normalized spacial score (nSPS) is 18.7. The maximum Gasteiger partial charge on any atom is 0.266 e. The van der Waals surface area contributed by atoms with E-state index in [1.165, 1.54) is 17.7 Å². The van der Waals surface area contributed by atoms with Crippen LogP contribution in [0.1, 0.15) is 50.2 Å². The average Bonchev–Trinajstić information content (AvgIpc) is 2.69. The van der Waals surface area contributed by atoms with E-state index >= 15 is 0 Å². The Hall–Kier alpha value is -2.54. The van der Waals surface area contributed by atoms with E-state index in [0.717, 1.165) is 24.5 Å². The van der Waals surface area contributed by atoms with Gasteiger partial charge >= 0.3 is 0 Å². The minimum absolute atomic E-state index is 0.0214. The Labute approximate surface area is 169 Å². The molecule has 0 saturated heterocycles. The molecule has 1 saturated carbocycles. The number of aryl methyl sites for hydroxylation is 1. The summed E-state index contributed by atoms with van der Waals surface area (Å²) in [4.78, 5) is 0. The summed E-state index contributed by atoms with van der Waals surface area (Å²) in [6.07, 6.45) is 3.92. The van der Waals surface area contributed by atoms with Crippen molar-refractivity contribution in [2.24, 2.45) is 11.8 Å². The van der Waals surface area contributed by atoms with Crippen LogP contribution in [-0.4, -0.2) is 0 Å². The number of hydrogen-bond acceptors (Lipinski definition) is 0. The number of hydrogen-bond donors (Lipinski definition) is 0. The molecular formula is C25H24F4. The lowest BCUT2D eigenvalue weighted by Gasteiger charge is -2.22. The summed E-state index contributed by atoms with van der Waals surface area (Å²) in [5.74, 6) is 4.07. The van der Waals surface area contributed by atoms with E-state index in [0.29, 0.717) is 31.2 Å². The van der Waals surface area contributed by atoms with Gasteiger partial charge in [0, 0.05) is 5.92 Å². The number of halogens is 4. The first-order valence-corrected chi connectivity index (χ1v) is 10.1. The Kier molecular flexibility index (Phi) is 7.14. The molecule has 0 nitrogen and oxygen atoms in total. The van der Waals surface area contributed by atoms with Crippen molar-refractivity contribution in [3.05, 3.63) is 71.3 Å². The van der Waals surface area contributed by atoms with Gasteiger partial charge in [-0.25, -0.2) is 8.78 Å². The van der Waals surface area contributed by atoms with Crippen LogP contribution in [0.2, 0.25) is 0 Å².